The van der Waals surface area contributed by atoms with Gasteiger partial charge in [-0.3, -0.25) is 9.59 Å². The van der Waals surface area contributed by atoms with Gasteiger partial charge < -0.3 is 20.1 Å². The van der Waals surface area contributed by atoms with Crippen LogP contribution in [0, 0.1) is 11.6 Å². The molecule has 0 aromatic heterocycles. The quantitative estimate of drug-likeness (QED) is 0.842. The fourth-order valence-electron chi connectivity index (χ4n) is 2.75. The zero-order valence-corrected chi connectivity index (χ0v) is 15.3. The fourth-order valence-corrected chi connectivity index (χ4v) is 2.75. The Kier molecular flexibility index (Phi) is 6.01. The Bertz CT molecular complexity index is 805. The van der Waals surface area contributed by atoms with E-state index in [9.17, 15) is 18.4 Å². The standard InChI is InChI=1S/C20H20F2N2O4/c1-11-12(2)28-20(24-18(26)14-8-4-6-10-16(14)22)19(27-11)23-17(25)13-7-3-5-9-15(13)21/h3-12,19-20H,1-2H3,(H,23,25)(H,24,26)/t11-,12-,19-,20-/m0/s1. The smallest absolute Gasteiger partial charge is 0.256 e. The molecule has 0 bridgehead atoms. The molecule has 28 heavy (non-hydrogen) atoms. The van der Waals surface area contributed by atoms with Gasteiger partial charge in [0.25, 0.3) is 11.8 Å². The molecule has 1 saturated heterocycles. The van der Waals surface area contributed by atoms with E-state index in [0.29, 0.717) is 0 Å². The van der Waals surface area contributed by atoms with Crippen LogP contribution in [0.5, 0.6) is 0 Å². The van der Waals surface area contributed by atoms with Crippen LogP contribution in [0.3, 0.4) is 0 Å². The second-order valence-corrected chi connectivity index (χ2v) is 6.43. The number of hydrogen-bond acceptors (Lipinski definition) is 4. The van der Waals surface area contributed by atoms with Crippen LogP contribution in [0.1, 0.15) is 34.6 Å². The highest BCUT2D eigenvalue weighted by Gasteiger charge is 2.37. The zero-order valence-electron chi connectivity index (χ0n) is 15.3. The summed E-state index contributed by atoms with van der Waals surface area (Å²) in [7, 11) is 0. The number of nitrogens with one attached hydrogen (secondary N) is 2. The van der Waals surface area contributed by atoms with E-state index >= 15 is 0 Å². The topological polar surface area (TPSA) is 76.7 Å². The van der Waals surface area contributed by atoms with Gasteiger partial charge in [-0.1, -0.05) is 24.3 Å². The van der Waals surface area contributed by atoms with Crippen molar-refractivity contribution in [2.45, 2.75) is 38.5 Å². The Morgan fingerprint density at radius 2 is 1.11 bits per heavy atom. The number of benzene rings is 2. The Morgan fingerprint density at radius 3 is 1.46 bits per heavy atom. The van der Waals surface area contributed by atoms with E-state index in [2.05, 4.69) is 10.6 Å². The molecular formula is C20H20F2N2O4. The Morgan fingerprint density at radius 1 is 0.750 bits per heavy atom. The molecule has 0 radical (unpaired) electrons. The molecule has 1 aliphatic heterocycles. The van der Waals surface area contributed by atoms with Gasteiger partial charge in [-0.25, -0.2) is 8.78 Å². The summed E-state index contributed by atoms with van der Waals surface area (Å²) >= 11 is 0. The predicted molar refractivity (Wildman–Crippen MR) is 96.4 cm³/mol. The number of rotatable bonds is 4. The summed E-state index contributed by atoms with van der Waals surface area (Å²) in [6.45, 7) is 3.48. The minimum atomic E-state index is -1.09. The van der Waals surface area contributed by atoms with Gasteiger partial charge >= 0.3 is 0 Å². The summed E-state index contributed by atoms with van der Waals surface area (Å²) in [4.78, 5) is 24.8. The first-order valence-corrected chi connectivity index (χ1v) is 8.78. The van der Waals surface area contributed by atoms with E-state index in [1.807, 2.05) is 0 Å². The van der Waals surface area contributed by atoms with Crippen molar-refractivity contribution < 1.29 is 27.8 Å². The van der Waals surface area contributed by atoms with Crippen LogP contribution in [0.15, 0.2) is 48.5 Å². The zero-order chi connectivity index (χ0) is 20.3. The average Bonchev–Trinajstić information content (AvgIpc) is 2.66. The Balaban J connectivity index is 1.77. The second kappa shape index (κ2) is 8.45. The molecule has 8 heteroatoms. The number of halogens is 2. The van der Waals surface area contributed by atoms with E-state index in [1.165, 1.54) is 36.4 Å². The molecule has 1 aliphatic rings. The molecule has 2 aromatic carbocycles. The van der Waals surface area contributed by atoms with Gasteiger partial charge in [0.2, 0.25) is 0 Å². The molecule has 2 amide bonds. The molecular weight excluding hydrogens is 370 g/mol. The SMILES string of the molecule is C[C@@H]1O[C@H](NC(=O)c2ccccc2F)[C@@H](NC(=O)c2ccccc2F)O[C@H]1C. The van der Waals surface area contributed by atoms with Crippen LogP contribution in [0.25, 0.3) is 0 Å². The molecule has 6 nitrogen and oxygen atoms in total. The van der Waals surface area contributed by atoms with Crippen molar-refractivity contribution in [2.75, 3.05) is 0 Å². The molecule has 4 atom stereocenters. The number of hydrogen-bond donors (Lipinski definition) is 2. The third-order valence-corrected chi connectivity index (χ3v) is 4.44. The summed E-state index contributed by atoms with van der Waals surface area (Å²) in [6, 6.07) is 11.0. The van der Waals surface area contributed by atoms with Gasteiger partial charge in [-0.05, 0) is 38.1 Å². The highest BCUT2D eigenvalue weighted by Crippen LogP contribution is 2.19. The highest BCUT2D eigenvalue weighted by molar-refractivity contribution is 5.95. The van der Waals surface area contributed by atoms with E-state index in [0.717, 1.165) is 12.1 Å². The lowest BCUT2D eigenvalue weighted by atomic mass is 10.1. The van der Waals surface area contributed by atoms with Crippen molar-refractivity contribution in [1.82, 2.24) is 10.6 Å². The number of ether oxygens (including phenoxy) is 2. The maximum atomic E-state index is 13.9. The van der Waals surface area contributed by atoms with Gasteiger partial charge in [0, 0.05) is 0 Å². The molecule has 148 valence electrons. The highest BCUT2D eigenvalue weighted by atomic mass is 19.1. The number of amides is 2. The van der Waals surface area contributed by atoms with Crippen LogP contribution in [0.4, 0.5) is 8.78 Å². The van der Waals surface area contributed by atoms with E-state index < -0.39 is 48.1 Å². The molecule has 1 fully saturated rings. The first-order valence-electron chi connectivity index (χ1n) is 8.78. The largest absolute Gasteiger partial charge is 0.348 e. The van der Waals surface area contributed by atoms with Crippen molar-refractivity contribution in [3.05, 3.63) is 71.3 Å². The number of carbonyl (C=O) groups is 2. The molecule has 2 N–H and O–H groups in total. The third-order valence-electron chi connectivity index (χ3n) is 4.44. The van der Waals surface area contributed by atoms with Gasteiger partial charge in [0.15, 0.2) is 12.5 Å². The maximum Gasteiger partial charge on any atom is 0.256 e. The second-order valence-electron chi connectivity index (χ2n) is 6.43. The van der Waals surface area contributed by atoms with Gasteiger partial charge in [0.05, 0.1) is 23.3 Å². The van der Waals surface area contributed by atoms with Crippen molar-refractivity contribution in [1.29, 1.82) is 0 Å². The number of carbonyl (C=O) groups excluding carboxylic acids is 2. The first-order chi connectivity index (χ1) is 13.4. The minimum Gasteiger partial charge on any atom is -0.348 e. The summed E-state index contributed by atoms with van der Waals surface area (Å²) in [6.07, 6.45) is -2.97. The maximum absolute atomic E-state index is 13.9. The van der Waals surface area contributed by atoms with Crippen LogP contribution < -0.4 is 10.6 Å². The molecule has 0 aliphatic carbocycles. The summed E-state index contributed by atoms with van der Waals surface area (Å²) in [5.74, 6) is -2.83. The molecule has 0 saturated carbocycles. The molecule has 3 rings (SSSR count). The van der Waals surface area contributed by atoms with Crippen LogP contribution in [-0.2, 0) is 9.47 Å². The average molecular weight is 390 g/mol. The Hall–Kier alpha value is -2.84. The van der Waals surface area contributed by atoms with E-state index in [-0.39, 0.29) is 11.1 Å². The van der Waals surface area contributed by atoms with Crippen molar-refractivity contribution in [3.63, 3.8) is 0 Å². The summed E-state index contributed by atoms with van der Waals surface area (Å²) in [5.41, 5.74) is -0.340. The lowest BCUT2D eigenvalue weighted by molar-refractivity contribution is -0.220. The van der Waals surface area contributed by atoms with Crippen molar-refractivity contribution in [3.8, 4) is 0 Å². The van der Waals surface area contributed by atoms with Gasteiger partial charge in [0.1, 0.15) is 11.6 Å². The third kappa shape index (κ3) is 4.35. The lowest BCUT2D eigenvalue weighted by Crippen LogP contribution is -2.61. The molecule has 1 heterocycles. The summed E-state index contributed by atoms with van der Waals surface area (Å²) in [5, 5.41) is 5.03. The minimum absolute atomic E-state index is 0.170. The van der Waals surface area contributed by atoms with Crippen molar-refractivity contribution >= 4 is 11.8 Å². The van der Waals surface area contributed by atoms with E-state index in [1.54, 1.807) is 13.8 Å². The van der Waals surface area contributed by atoms with Crippen LogP contribution in [-0.4, -0.2) is 36.5 Å². The van der Waals surface area contributed by atoms with E-state index in [4.69, 9.17) is 9.47 Å². The van der Waals surface area contributed by atoms with Crippen molar-refractivity contribution in [2.24, 2.45) is 0 Å². The summed E-state index contributed by atoms with van der Waals surface area (Å²) < 4.78 is 39.2. The monoisotopic (exact) mass is 390 g/mol. The van der Waals surface area contributed by atoms with Crippen LogP contribution in [0.2, 0.25) is 0 Å². The normalized spacial score (nSPS) is 24.4. The first kappa shape index (κ1) is 19.9. The molecule has 0 unspecified atom stereocenters. The Labute approximate surface area is 160 Å². The lowest BCUT2D eigenvalue weighted by Gasteiger charge is -2.39. The van der Waals surface area contributed by atoms with Gasteiger partial charge in [-0.15, -0.1) is 0 Å². The fraction of sp³-hybridized carbons (Fsp3) is 0.300. The predicted octanol–water partition coefficient (Wildman–Crippen LogP) is 2.60. The van der Waals surface area contributed by atoms with Crippen LogP contribution >= 0.6 is 0 Å². The molecule has 2 aromatic rings. The molecule has 0 spiro atoms. The van der Waals surface area contributed by atoms with Gasteiger partial charge in [-0.2, -0.15) is 0 Å².